The Morgan fingerprint density at radius 2 is 1.84 bits per heavy atom. The zero-order valence-corrected chi connectivity index (χ0v) is 19.4. The van der Waals surface area contributed by atoms with Crippen LogP contribution in [-0.4, -0.2) is 45.5 Å². The van der Waals surface area contributed by atoms with Crippen LogP contribution >= 0.6 is 24.0 Å². The molecule has 3 rings (SSSR count). The van der Waals surface area contributed by atoms with E-state index in [0.29, 0.717) is 31.2 Å². The van der Waals surface area contributed by atoms with Gasteiger partial charge in [-0.25, -0.2) is 4.99 Å². The molecule has 2 amide bonds. The van der Waals surface area contributed by atoms with Gasteiger partial charge in [-0.15, -0.1) is 34.2 Å². The van der Waals surface area contributed by atoms with Crippen molar-refractivity contribution >= 4 is 47.4 Å². The number of rotatable bonds is 8. The van der Waals surface area contributed by atoms with E-state index in [4.69, 9.17) is 5.73 Å². The van der Waals surface area contributed by atoms with Gasteiger partial charge < -0.3 is 21.7 Å². The van der Waals surface area contributed by atoms with Crippen molar-refractivity contribution in [2.24, 2.45) is 10.7 Å². The number of benzene rings is 1. The van der Waals surface area contributed by atoms with Crippen molar-refractivity contribution in [1.29, 1.82) is 0 Å². The first kappa shape index (κ1) is 24.1. The summed E-state index contributed by atoms with van der Waals surface area (Å²) in [4.78, 5) is 27.3. The predicted molar refractivity (Wildman–Crippen MR) is 128 cm³/mol. The van der Waals surface area contributed by atoms with Crippen LogP contribution in [-0.2, 0) is 17.9 Å². The van der Waals surface area contributed by atoms with E-state index in [1.54, 1.807) is 12.1 Å². The van der Waals surface area contributed by atoms with Crippen LogP contribution in [0.5, 0.6) is 0 Å². The molecule has 0 unspecified atom stereocenters. The molecule has 10 nitrogen and oxygen atoms in total. The van der Waals surface area contributed by atoms with Crippen LogP contribution in [0.15, 0.2) is 53.7 Å². The van der Waals surface area contributed by atoms with Crippen LogP contribution in [0.3, 0.4) is 0 Å². The summed E-state index contributed by atoms with van der Waals surface area (Å²) in [6.45, 7) is 3.41. The molecule has 0 saturated carbocycles. The van der Waals surface area contributed by atoms with E-state index < -0.39 is 5.91 Å². The normalized spacial score (nSPS) is 10.9. The minimum Gasteiger partial charge on any atom is -0.368 e. The Hall–Kier alpha value is -3.22. The van der Waals surface area contributed by atoms with Crippen LogP contribution < -0.4 is 21.7 Å². The van der Waals surface area contributed by atoms with Gasteiger partial charge in [-0.05, 0) is 36.8 Å². The first-order valence-corrected chi connectivity index (χ1v) is 9.53. The number of fused-ring (bicyclic) bond motifs is 1. The van der Waals surface area contributed by atoms with E-state index in [9.17, 15) is 9.59 Å². The lowest BCUT2D eigenvalue weighted by atomic mass is 10.1. The molecule has 0 fully saturated rings. The molecule has 0 radical (unpaired) electrons. The zero-order valence-electron chi connectivity index (χ0n) is 17.0. The number of aromatic nitrogens is 3. The van der Waals surface area contributed by atoms with Gasteiger partial charge in [0.1, 0.15) is 0 Å². The maximum Gasteiger partial charge on any atom is 0.251 e. The van der Waals surface area contributed by atoms with Gasteiger partial charge in [0.25, 0.3) is 5.91 Å². The van der Waals surface area contributed by atoms with Gasteiger partial charge in [-0.2, -0.15) is 0 Å². The first-order chi connectivity index (χ1) is 14.6. The molecular weight excluding hydrogens is 511 g/mol. The maximum absolute atomic E-state index is 11.9. The van der Waals surface area contributed by atoms with Crippen LogP contribution in [0, 0.1) is 0 Å². The number of guanidine groups is 1. The fraction of sp³-hybridized carbons (Fsp3) is 0.250. The van der Waals surface area contributed by atoms with Crippen molar-refractivity contribution in [3.05, 3.63) is 65.6 Å². The molecule has 5 N–H and O–H groups in total. The van der Waals surface area contributed by atoms with Gasteiger partial charge >= 0.3 is 0 Å². The average molecular weight is 536 g/mol. The lowest BCUT2D eigenvalue weighted by Crippen LogP contribution is -2.37. The molecule has 0 aliphatic carbocycles. The lowest BCUT2D eigenvalue weighted by molar-refractivity contribution is -0.117. The van der Waals surface area contributed by atoms with E-state index >= 15 is 0 Å². The first-order valence-electron chi connectivity index (χ1n) is 9.53. The number of nitrogens with two attached hydrogens (primary N) is 1. The maximum atomic E-state index is 11.9. The number of halogens is 1. The number of carbonyl (C=O) groups is 2. The standard InChI is InChI=1S/C20H24N8O2.HI/c1-2-22-20(25-13-18-27-26-17-5-3-4-10-28(17)18)24-11-14-6-8-15(9-7-14)19(30)23-12-16(21)29;/h3-10H,2,11-13H2,1H3,(H2,21,29)(H,23,30)(H2,22,24,25);1H. The number of pyridine rings is 1. The molecule has 1 aromatic carbocycles. The molecule has 164 valence electrons. The number of aliphatic imine (C=N–C) groups is 1. The molecule has 0 aliphatic rings. The monoisotopic (exact) mass is 536 g/mol. The number of amides is 2. The second kappa shape index (κ2) is 11.8. The number of carbonyl (C=O) groups excluding carboxylic acids is 2. The highest BCUT2D eigenvalue weighted by Crippen LogP contribution is 2.06. The molecule has 0 bridgehead atoms. The molecule has 3 aromatic rings. The van der Waals surface area contributed by atoms with Crippen LogP contribution in [0.25, 0.3) is 5.65 Å². The Kier molecular flexibility index (Phi) is 9.18. The number of hydrogen-bond acceptors (Lipinski definition) is 5. The second-order valence-corrected chi connectivity index (χ2v) is 6.44. The van der Waals surface area contributed by atoms with Crippen molar-refractivity contribution in [1.82, 2.24) is 30.5 Å². The fourth-order valence-corrected chi connectivity index (χ4v) is 2.72. The van der Waals surface area contributed by atoms with Gasteiger partial charge in [0.2, 0.25) is 5.91 Å². The van der Waals surface area contributed by atoms with Gasteiger partial charge in [-0.3, -0.25) is 14.0 Å². The smallest absolute Gasteiger partial charge is 0.251 e. The van der Waals surface area contributed by atoms with E-state index in [-0.39, 0.29) is 36.4 Å². The molecule has 0 spiro atoms. The number of nitrogens with zero attached hydrogens (tertiary/aromatic N) is 4. The van der Waals surface area contributed by atoms with Crippen LogP contribution in [0.1, 0.15) is 28.7 Å². The molecule has 11 heteroatoms. The Bertz CT molecular complexity index is 1050. The third kappa shape index (κ3) is 6.91. The summed E-state index contributed by atoms with van der Waals surface area (Å²) in [6, 6.07) is 12.7. The van der Waals surface area contributed by atoms with E-state index in [0.717, 1.165) is 17.0 Å². The number of hydrogen-bond donors (Lipinski definition) is 4. The Morgan fingerprint density at radius 3 is 2.55 bits per heavy atom. The quantitative estimate of drug-likeness (QED) is 0.191. The van der Waals surface area contributed by atoms with Crippen molar-refractivity contribution in [2.75, 3.05) is 13.1 Å². The van der Waals surface area contributed by atoms with E-state index in [1.165, 1.54) is 0 Å². The fourth-order valence-electron chi connectivity index (χ4n) is 2.72. The van der Waals surface area contributed by atoms with Gasteiger partial charge in [-0.1, -0.05) is 18.2 Å². The summed E-state index contributed by atoms with van der Waals surface area (Å²) >= 11 is 0. The van der Waals surface area contributed by atoms with E-state index in [2.05, 4.69) is 31.1 Å². The Balaban J connectivity index is 0.00000341. The van der Waals surface area contributed by atoms with Crippen LogP contribution in [0.2, 0.25) is 0 Å². The largest absolute Gasteiger partial charge is 0.368 e. The molecule has 0 saturated heterocycles. The molecule has 31 heavy (non-hydrogen) atoms. The highest BCUT2D eigenvalue weighted by molar-refractivity contribution is 14.0. The summed E-state index contributed by atoms with van der Waals surface area (Å²) in [7, 11) is 0. The van der Waals surface area contributed by atoms with Gasteiger partial charge in [0.05, 0.1) is 19.6 Å². The summed E-state index contributed by atoms with van der Waals surface area (Å²) < 4.78 is 1.92. The molecule has 2 aromatic heterocycles. The molecular formula is C20H25IN8O2. The Labute approximate surface area is 196 Å². The number of nitrogens with one attached hydrogen (secondary N) is 3. The van der Waals surface area contributed by atoms with Crippen LogP contribution in [0.4, 0.5) is 0 Å². The predicted octanol–water partition coefficient (Wildman–Crippen LogP) is 0.818. The van der Waals surface area contributed by atoms with Crippen molar-refractivity contribution in [2.45, 2.75) is 20.0 Å². The summed E-state index contributed by atoms with van der Waals surface area (Å²) in [5.74, 6) is 0.493. The minimum atomic E-state index is -0.586. The topological polar surface area (TPSA) is 139 Å². The van der Waals surface area contributed by atoms with Crippen molar-refractivity contribution < 1.29 is 9.59 Å². The average Bonchev–Trinajstić information content (AvgIpc) is 3.17. The highest BCUT2D eigenvalue weighted by Gasteiger charge is 2.07. The molecule has 2 heterocycles. The second-order valence-electron chi connectivity index (χ2n) is 6.44. The van der Waals surface area contributed by atoms with E-state index in [1.807, 2.05) is 47.9 Å². The zero-order chi connectivity index (χ0) is 21.3. The van der Waals surface area contributed by atoms with Gasteiger partial charge in [0, 0.05) is 18.3 Å². The molecule has 0 aliphatic heterocycles. The summed E-state index contributed by atoms with van der Waals surface area (Å²) in [5, 5.41) is 17.2. The summed E-state index contributed by atoms with van der Waals surface area (Å²) in [6.07, 6.45) is 1.91. The van der Waals surface area contributed by atoms with Crippen molar-refractivity contribution in [3.8, 4) is 0 Å². The Morgan fingerprint density at radius 1 is 1.06 bits per heavy atom. The highest BCUT2D eigenvalue weighted by atomic mass is 127. The minimum absolute atomic E-state index is 0. The number of primary amides is 1. The third-order valence-electron chi connectivity index (χ3n) is 4.20. The third-order valence-corrected chi connectivity index (χ3v) is 4.20. The summed E-state index contributed by atoms with van der Waals surface area (Å²) in [5.41, 5.74) is 7.21. The SMILES string of the molecule is CCNC(=NCc1ccc(C(=O)NCC(N)=O)cc1)NCc1nnc2ccccn12.I. The van der Waals surface area contributed by atoms with Crippen molar-refractivity contribution in [3.63, 3.8) is 0 Å². The van der Waals surface area contributed by atoms with Gasteiger partial charge in [0.15, 0.2) is 17.4 Å². The lowest BCUT2D eigenvalue weighted by Gasteiger charge is -2.10. The molecule has 0 atom stereocenters.